The number of anilines is 5. The zero-order chi connectivity index (χ0) is 39.9. The second-order valence-corrected chi connectivity index (χ2v) is 16.3. The molecule has 0 unspecified atom stereocenters. The quantitative estimate of drug-likeness (QED) is 0.169. The van der Waals surface area contributed by atoms with E-state index in [1.807, 2.05) is 0 Å². The summed E-state index contributed by atoms with van der Waals surface area (Å²) in [4.78, 5) is 4.85. The lowest BCUT2D eigenvalue weighted by Gasteiger charge is -2.34. The van der Waals surface area contributed by atoms with E-state index in [0.29, 0.717) is 0 Å². The first-order chi connectivity index (χ1) is 28.8. The second-order valence-electron chi connectivity index (χ2n) is 16.3. The number of furan rings is 2. The lowest BCUT2D eigenvalue weighted by Crippen LogP contribution is -2.30. The Balaban J connectivity index is 1.06. The molecule has 0 saturated carbocycles. The SMILES string of the molecule is Cc1cccc(N(c2ccccc2)c2ccc3cc4c(cc3c2)oc2c(C)cc3oc5cc6cc(N(c7cccc(C)c7C)[C@@H]7C=CC=CC7)ccc6cc5c3c24)c1C. The normalized spacial score (nSPS) is 14.2. The van der Waals surface area contributed by atoms with Crippen LogP contribution >= 0.6 is 0 Å². The summed E-state index contributed by atoms with van der Waals surface area (Å²) in [6, 6.07) is 48.8. The van der Waals surface area contributed by atoms with Gasteiger partial charge in [-0.1, -0.05) is 78.9 Å². The highest BCUT2D eigenvalue weighted by molar-refractivity contribution is 6.28. The minimum Gasteiger partial charge on any atom is -0.456 e. The molecule has 0 saturated heterocycles. The molecule has 0 N–H and O–H groups in total. The second kappa shape index (κ2) is 13.5. The predicted octanol–water partition coefficient (Wildman–Crippen LogP) is 15.8. The van der Waals surface area contributed by atoms with Crippen LogP contribution in [0, 0.1) is 34.6 Å². The van der Waals surface area contributed by atoms with Crippen LogP contribution in [-0.4, -0.2) is 6.04 Å². The molecular formula is C55H44N2O2. The smallest absolute Gasteiger partial charge is 0.139 e. The fourth-order valence-electron chi connectivity index (χ4n) is 9.36. The molecule has 1 aliphatic carbocycles. The number of nitrogens with zero attached hydrogens (tertiary/aromatic N) is 2. The summed E-state index contributed by atoms with van der Waals surface area (Å²) in [5, 5.41) is 9.02. The van der Waals surface area contributed by atoms with Crippen molar-refractivity contribution in [1.29, 1.82) is 0 Å². The summed E-state index contributed by atoms with van der Waals surface area (Å²) in [5.41, 5.74) is 15.5. The van der Waals surface area contributed by atoms with E-state index >= 15 is 0 Å². The van der Waals surface area contributed by atoms with Gasteiger partial charge in [-0.05, 0) is 169 Å². The van der Waals surface area contributed by atoms with Gasteiger partial charge in [0.05, 0.1) is 6.04 Å². The molecule has 0 bridgehead atoms. The molecule has 4 heteroatoms. The molecule has 0 amide bonds. The van der Waals surface area contributed by atoms with E-state index in [4.69, 9.17) is 8.83 Å². The Morgan fingerprint density at radius 1 is 0.475 bits per heavy atom. The molecule has 10 aromatic rings. The first-order valence-corrected chi connectivity index (χ1v) is 20.6. The molecule has 11 rings (SSSR count). The van der Waals surface area contributed by atoms with E-state index in [2.05, 4.69) is 202 Å². The number of para-hydroxylation sites is 1. The predicted molar refractivity (Wildman–Crippen MR) is 250 cm³/mol. The van der Waals surface area contributed by atoms with Crippen LogP contribution in [0.25, 0.3) is 65.4 Å². The van der Waals surface area contributed by atoms with Gasteiger partial charge >= 0.3 is 0 Å². The Bertz CT molecular complexity index is 3380. The lowest BCUT2D eigenvalue weighted by atomic mass is 9.98. The van der Waals surface area contributed by atoms with Crippen molar-refractivity contribution in [3.8, 4) is 0 Å². The molecule has 8 aromatic carbocycles. The summed E-state index contributed by atoms with van der Waals surface area (Å²) >= 11 is 0. The highest BCUT2D eigenvalue weighted by Gasteiger charge is 2.24. The van der Waals surface area contributed by atoms with Crippen LogP contribution in [0.3, 0.4) is 0 Å². The van der Waals surface area contributed by atoms with Crippen molar-refractivity contribution in [2.24, 2.45) is 0 Å². The van der Waals surface area contributed by atoms with Gasteiger partial charge in [-0.15, -0.1) is 0 Å². The molecule has 0 aliphatic heterocycles. The van der Waals surface area contributed by atoms with E-state index in [0.717, 1.165) is 83.4 Å². The van der Waals surface area contributed by atoms with Gasteiger partial charge < -0.3 is 18.6 Å². The first-order valence-electron chi connectivity index (χ1n) is 20.6. The van der Waals surface area contributed by atoms with Gasteiger partial charge in [0.1, 0.15) is 22.3 Å². The van der Waals surface area contributed by atoms with Crippen molar-refractivity contribution in [2.45, 2.75) is 47.1 Å². The molecule has 0 fully saturated rings. The number of benzene rings is 8. The van der Waals surface area contributed by atoms with Gasteiger partial charge in [-0.25, -0.2) is 0 Å². The molecule has 0 radical (unpaired) electrons. The van der Waals surface area contributed by atoms with Crippen molar-refractivity contribution < 1.29 is 8.83 Å². The fraction of sp³-hybridized carbons (Fsp3) is 0.127. The Kier molecular flexibility index (Phi) is 8.06. The minimum atomic E-state index is 0.223. The van der Waals surface area contributed by atoms with Crippen molar-refractivity contribution in [3.05, 3.63) is 186 Å². The van der Waals surface area contributed by atoms with E-state index in [1.54, 1.807) is 0 Å². The van der Waals surface area contributed by atoms with Gasteiger partial charge in [0.25, 0.3) is 0 Å². The summed E-state index contributed by atoms with van der Waals surface area (Å²) < 4.78 is 13.6. The Labute approximate surface area is 343 Å². The van der Waals surface area contributed by atoms with Crippen LogP contribution in [0.15, 0.2) is 167 Å². The third-order valence-corrected chi connectivity index (χ3v) is 12.7. The Morgan fingerprint density at radius 3 is 1.83 bits per heavy atom. The van der Waals surface area contributed by atoms with Crippen LogP contribution in [0.5, 0.6) is 0 Å². The molecule has 2 aromatic heterocycles. The molecule has 1 atom stereocenters. The maximum absolute atomic E-state index is 6.80. The van der Waals surface area contributed by atoms with Crippen molar-refractivity contribution in [1.82, 2.24) is 0 Å². The summed E-state index contributed by atoms with van der Waals surface area (Å²) in [6.07, 6.45) is 9.83. The maximum atomic E-state index is 6.80. The van der Waals surface area contributed by atoms with Gasteiger partial charge in [-0.3, -0.25) is 0 Å². The van der Waals surface area contributed by atoms with E-state index in [9.17, 15) is 0 Å². The lowest BCUT2D eigenvalue weighted by molar-refractivity contribution is 0.660. The molecule has 1 aliphatic rings. The number of aryl methyl sites for hydroxylation is 3. The zero-order valence-corrected chi connectivity index (χ0v) is 34.0. The molecule has 286 valence electrons. The van der Waals surface area contributed by atoms with E-state index in [-0.39, 0.29) is 6.04 Å². The summed E-state index contributed by atoms with van der Waals surface area (Å²) in [5.74, 6) is 0. The number of fused-ring (bicyclic) bond motifs is 9. The molecule has 4 nitrogen and oxygen atoms in total. The fourth-order valence-corrected chi connectivity index (χ4v) is 9.36. The Hall–Kier alpha value is -7.04. The molecular weight excluding hydrogens is 721 g/mol. The highest BCUT2D eigenvalue weighted by Crippen LogP contribution is 2.45. The van der Waals surface area contributed by atoms with Crippen molar-refractivity contribution in [3.63, 3.8) is 0 Å². The average Bonchev–Trinajstić information content (AvgIpc) is 3.80. The van der Waals surface area contributed by atoms with Crippen LogP contribution < -0.4 is 9.80 Å². The van der Waals surface area contributed by atoms with Crippen molar-refractivity contribution >= 4 is 93.9 Å². The third-order valence-electron chi connectivity index (χ3n) is 12.7. The van der Waals surface area contributed by atoms with Gasteiger partial charge in [0.2, 0.25) is 0 Å². The van der Waals surface area contributed by atoms with Crippen LogP contribution in [0.2, 0.25) is 0 Å². The molecule has 0 spiro atoms. The van der Waals surface area contributed by atoms with Gasteiger partial charge in [0.15, 0.2) is 0 Å². The number of hydrogen-bond donors (Lipinski definition) is 0. The van der Waals surface area contributed by atoms with E-state index in [1.165, 1.54) is 44.7 Å². The number of rotatable bonds is 6. The van der Waals surface area contributed by atoms with Gasteiger partial charge in [0, 0.05) is 50.0 Å². The van der Waals surface area contributed by atoms with E-state index < -0.39 is 0 Å². The van der Waals surface area contributed by atoms with Gasteiger partial charge in [-0.2, -0.15) is 0 Å². The molecule has 59 heavy (non-hydrogen) atoms. The zero-order valence-electron chi connectivity index (χ0n) is 34.0. The average molecular weight is 765 g/mol. The molecule has 2 heterocycles. The highest BCUT2D eigenvalue weighted by atomic mass is 16.3. The van der Waals surface area contributed by atoms with Crippen LogP contribution in [0.1, 0.15) is 34.2 Å². The largest absolute Gasteiger partial charge is 0.456 e. The first kappa shape index (κ1) is 35.1. The third kappa shape index (κ3) is 5.66. The number of allylic oxidation sites excluding steroid dienone is 2. The Morgan fingerprint density at radius 2 is 1.12 bits per heavy atom. The summed E-state index contributed by atoms with van der Waals surface area (Å²) in [6.45, 7) is 10.9. The van der Waals surface area contributed by atoms with Crippen LogP contribution in [-0.2, 0) is 0 Å². The topological polar surface area (TPSA) is 32.8 Å². The summed E-state index contributed by atoms with van der Waals surface area (Å²) in [7, 11) is 0. The monoisotopic (exact) mass is 764 g/mol. The standard InChI is InChI=1S/C55H44N2O2/c1-33-14-12-20-48(36(33)4)56(42-16-8-6-9-17-42)44-24-22-38-29-46-50(31-40(38)27-44)58-52-26-35(3)55-54(53(46)52)47-30-39-23-25-45(28-41(39)32-51(47)59-55)57(43-18-10-7-11-19-43)49-21-13-15-34(2)37(49)5/h6-16,18-32,42H,17H2,1-5H3/t42-/m1/s1. The number of hydrogen-bond acceptors (Lipinski definition) is 4. The van der Waals surface area contributed by atoms with Crippen molar-refractivity contribution in [2.75, 3.05) is 9.80 Å². The maximum Gasteiger partial charge on any atom is 0.139 e. The minimum absolute atomic E-state index is 0.223. The van der Waals surface area contributed by atoms with Crippen LogP contribution in [0.4, 0.5) is 28.4 Å².